The zero-order valence-electron chi connectivity index (χ0n) is 9.28. The van der Waals surface area contributed by atoms with Crippen LogP contribution in [0.15, 0.2) is 18.2 Å². The van der Waals surface area contributed by atoms with Crippen LogP contribution in [0.4, 0.5) is 5.69 Å². The minimum absolute atomic E-state index is 0.0657. The maximum Gasteiger partial charge on any atom is 0.224 e. The largest absolute Gasteiger partial charge is 0.489 e. The summed E-state index contributed by atoms with van der Waals surface area (Å²) < 4.78 is 5.60. The van der Waals surface area contributed by atoms with E-state index >= 15 is 0 Å². The van der Waals surface area contributed by atoms with Gasteiger partial charge in [0.1, 0.15) is 12.4 Å². The van der Waals surface area contributed by atoms with Gasteiger partial charge in [-0.2, -0.15) is 0 Å². The third-order valence-corrected chi connectivity index (χ3v) is 2.63. The van der Waals surface area contributed by atoms with Gasteiger partial charge in [-0.15, -0.1) is 0 Å². The molecule has 1 aromatic carbocycles. The van der Waals surface area contributed by atoms with Crippen molar-refractivity contribution in [2.75, 3.05) is 11.5 Å². The van der Waals surface area contributed by atoms with Crippen LogP contribution < -0.4 is 9.64 Å². The van der Waals surface area contributed by atoms with Crippen LogP contribution in [-0.4, -0.2) is 18.6 Å². The lowest BCUT2D eigenvalue weighted by molar-refractivity contribution is -0.117. The molecular formula is C12H15NO2. The molecule has 1 atom stereocenters. The van der Waals surface area contributed by atoms with Crippen molar-refractivity contribution in [2.45, 2.75) is 26.8 Å². The first-order chi connectivity index (χ1) is 7.09. The maximum absolute atomic E-state index is 11.5. The number of rotatable bonds is 0. The van der Waals surface area contributed by atoms with Crippen molar-refractivity contribution < 1.29 is 9.53 Å². The average Bonchev–Trinajstić information content (AvgIpc) is 2.17. The summed E-state index contributed by atoms with van der Waals surface area (Å²) in [6.07, 6.45) is 0. The van der Waals surface area contributed by atoms with Crippen LogP contribution in [0.5, 0.6) is 5.75 Å². The highest BCUT2D eigenvalue weighted by Crippen LogP contribution is 2.34. The predicted octanol–water partition coefficient (Wildman–Crippen LogP) is 2.13. The molecule has 0 aliphatic carbocycles. The molecule has 80 valence electrons. The molecule has 0 aromatic heterocycles. The molecule has 0 radical (unpaired) electrons. The Morgan fingerprint density at radius 2 is 2.27 bits per heavy atom. The van der Waals surface area contributed by atoms with Gasteiger partial charge in [-0.05, 0) is 31.5 Å². The van der Waals surface area contributed by atoms with Crippen LogP contribution >= 0.6 is 0 Å². The molecule has 1 heterocycles. The number of ether oxygens (including phenoxy) is 1. The van der Waals surface area contributed by atoms with Gasteiger partial charge in [0.25, 0.3) is 0 Å². The van der Waals surface area contributed by atoms with E-state index in [9.17, 15) is 4.79 Å². The van der Waals surface area contributed by atoms with Gasteiger partial charge in [0.2, 0.25) is 5.91 Å². The van der Waals surface area contributed by atoms with Gasteiger partial charge in [0.15, 0.2) is 0 Å². The smallest absolute Gasteiger partial charge is 0.224 e. The molecule has 0 saturated heterocycles. The van der Waals surface area contributed by atoms with Crippen LogP contribution in [0.25, 0.3) is 0 Å². The predicted molar refractivity (Wildman–Crippen MR) is 59.3 cm³/mol. The average molecular weight is 205 g/mol. The van der Waals surface area contributed by atoms with Crippen LogP contribution in [0, 0.1) is 6.92 Å². The molecule has 3 heteroatoms. The highest BCUT2D eigenvalue weighted by Gasteiger charge is 2.26. The molecule has 0 fully saturated rings. The van der Waals surface area contributed by atoms with Gasteiger partial charge in [0, 0.05) is 6.92 Å². The lowest BCUT2D eigenvalue weighted by Gasteiger charge is -2.34. The molecule has 3 nitrogen and oxygen atoms in total. The second kappa shape index (κ2) is 3.57. The molecular weight excluding hydrogens is 190 g/mol. The van der Waals surface area contributed by atoms with E-state index in [2.05, 4.69) is 0 Å². The molecule has 1 unspecified atom stereocenters. The molecule has 0 spiro atoms. The summed E-state index contributed by atoms with van der Waals surface area (Å²) in [7, 11) is 0. The number of fused-ring (bicyclic) bond motifs is 1. The van der Waals surface area contributed by atoms with E-state index in [1.165, 1.54) is 0 Å². The van der Waals surface area contributed by atoms with Gasteiger partial charge < -0.3 is 9.64 Å². The van der Waals surface area contributed by atoms with Crippen molar-refractivity contribution in [3.63, 3.8) is 0 Å². The molecule has 1 aromatic rings. The summed E-state index contributed by atoms with van der Waals surface area (Å²) in [6, 6.07) is 6.02. The Morgan fingerprint density at radius 3 is 2.93 bits per heavy atom. The Kier molecular flexibility index (Phi) is 2.39. The van der Waals surface area contributed by atoms with Gasteiger partial charge in [0.05, 0.1) is 11.7 Å². The Bertz CT molecular complexity index is 401. The van der Waals surface area contributed by atoms with Crippen LogP contribution in [-0.2, 0) is 4.79 Å². The summed E-state index contributed by atoms with van der Waals surface area (Å²) >= 11 is 0. The molecule has 0 bridgehead atoms. The first-order valence-corrected chi connectivity index (χ1v) is 5.13. The summed E-state index contributed by atoms with van der Waals surface area (Å²) in [5, 5.41) is 0. The van der Waals surface area contributed by atoms with Crippen molar-refractivity contribution >= 4 is 11.6 Å². The highest BCUT2D eigenvalue weighted by atomic mass is 16.5. The lowest BCUT2D eigenvalue weighted by atomic mass is 10.1. The molecule has 2 rings (SSSR count). The summed E-state index contributed by atoms with van der Waals surface area (Å²) in [5.74, 6) is 0.874. The molecule has 1 amide bonds. The number of carbonyl (C=O) groups is 1. The van der Waals surface area contributed by atoms with E-state index in [1.54, 1.807) is 11.8 Å². The quantitative estimate of drug-likeness (QED) is 0.649. The van der Waals surface area contributed by atoms with Crippen molar-refractivity contribution in [1.82, 2.24) is 0 Å². The van der Waals surface area contributed by atoms with Crippen LogP contribution in [0.3, 0.4) is 0 Å². The van der Waals surface area contributed by atoms with E-state index in [1.807, 2.05) is 32.0 Å². The minimum Gasteiger partial charge on any atom is -0.489 e. The Hall–Kier alpha value is -1.51. The third kappa shape index (κ3) is 1.69. The first kappa shape index (κ1) is 10.0. The number of anilines is 1. The topological polar surface area (TPSA) is 29.5 Å². The SMILES string of the molecule is CC(=O)N1c2ccc(C)cc2OCC1C. The number of benzene rings is 1. The number of amides is 1. The van der Waals surface area contributed by atoms with Crippen LogP contribution in [0.1, 0.15) is 19.4 Å². The second-order valence-electron chi connectivity index (χ2n) is 4.02. The summed E-state index contributed by atoms with van der Waals surface area (Å²) in [5.41, 5.74) is 2.03. The molecule has 15 heavy (non-hydrogen) atoms. The fourth-order valence-electron chi connectivity index (χ4n) is 1.94. The lowest BCUT2D eigenvalue weighted by Crippen LogP contribution is -2.43. The van der Waals surface area contributed by atoms with Gasteiger partial charge in [-0.1, -0.05) is 6.07 Å². The second-order valence-corrected chi connectivity index (χ2v) is 4.02. The fraction of sp³-hybridized carbons (Fsp3) is 0.417. The van der Waals surface area contributed by atoms with Crippen molar-refractivity contribution in [1.29, 1.82) is 0 Å². The van der Waals surface area contributed by atoms with Crippen LogP contribution in [0.2, 0.25) is 0 Å². The Morgan fingerprint density at radius 1 is 1.53 bits per heavy atom. The minimum atomic E-state index is 0.0657. The first-order valence-electron chi connectivity index (χ1n) is 5.13. The number of aryl methyl sites for hydroxylation is 1. The number of nitrogens with zero attached hydrogens (tertiary/aromatic N) is 1. The fourth-order valence-corrected chi connectivity index (χ4v) is 1.94. The summed E-state index contributed by atoms with van der Waals surface area (Å²) in [4.78, 5) is 13.3. The third-order valence-electron chi connectivity index (χ3n) is 2.63. The molecule has 0 saturated carbocycles. The maximum atomic E-state index is 11.5. The molecule has 0 N–H and O–H groups in total. The normalized spacial score (nSPS) is 19.4. The van der Waals surface area contributed by atoms with E-state index in [0.29, 0.717) is 6.61 Å². The zero-order chi connectivity index (χ0) is 11.0. The Balaban J connectivity index is 2.48. The highest BCUT2D eigenvalue weighted by molar-refractivity contribution is 5.94. The van der Waals surface area contributed by atoms with Gasteiger partial charge >= 0.3 is 0 Å². The van der Waals surface area contributed by atoms with Gasteiger partial charge in [-0.25, -0.2) is 0 Å². The zero-order valence-corrected chi connectivity index (χ0v) is 9.28. The molecule has 1 aliphatic heterocycles. The van der Waals surface area contributed by atoms with E-state index < -0.39 is 0 Å². The van der Waals surface area contributed by atoms with E-state index in [4.69, 9.17) is 4.74 Å². The van der Waals surface area contributed by atoms with Crippen molar-refractivity contribution in [2.24, 2.45) is 0 Å². The number of carbonyl (C=O) groups excluding carboxylic acids is 1. The van der Waals surface area contributed by atoms with Crippen molar-refractivity contribution in [3.05, 3.63) is 23.8 Å². The van der Waals surface area contributed by atoms with Crippen molar-refractivity contribution in [3.8, 4) is 5.75 Å². The monoisotopic (exact) mass is 205 g/mol. The van der Waals surface area contributed by atoms with E-state index in [0.717, 1.165) is 17.0 Å². The van der Waals surface area contributed by atoms with E-state index in [-0.39, 0.29) is 11.9 Å². The van der Waals surface area contributed by atoms with Gasteiger partial charge in [-0.3, -0.25) is 4.79 Å². The Labute approximate surface area is 89.7 Å². The standard InChI is InChI=1S/C12H15NO2/c1-8-4-5-11-12(6-8)15-7-9(2)13(11)10(3)14/h4-6,9H,7H2,1-3H3. The number of hydrogen-bond acceptors (Lipinski definition) is 2. The molecule has 1 aliphatic rings. The summed E-state index contributed by atoms with van der Waals surface area (Å²) in [6.45, 7) is 6.16. The number of hydrogen-bond donors (Lipinski definition) is 0.